The Labute approximate surface area is 267 Å². The highest BCUT2D eigenvalue weighted by Gasteiger charge is 2.61. The summed E-state index contributed by atoms with van der Waals surface area (Å²) in [6.07, 6.45) is -14.5. The highest BCUT2D eigenvalue weighted by molar-refractivity contribution is 6.09. The fourth-order valence-corrected chi connectivity index (χ4v) is 4.25. The Bertz CT molecular complexity index is 1840. The first-order valence-corrected chi connectivity index (χ1v) is 13.9. The second-order valence-electron chi connectivity index (χ2n) is 10.1. The Morgan fingerprint density at radius 2 is 0.958 bits per heavy atom. The summed E-state index contributed by atoms with van der Waals surface area (Å²) < 4.78 is 130. The topological polar surface area (TPSA) is 54.0 Å². The summed E-state index contributed by atoms with van der Waals surface area (Å²) in [5, 5.41) is 0. The first-order valence-electron chi connectivity index (χ1n) is 13.9. The number of rotatable bonds is 11. The number of ketones is 1. The van der Waals surface area contributed by atoms with Crippen LogP contribution in [0.1, 0.15) is 21.5 Å². The standard InChI is InChI=1S/C35H22F8O5/c36-32(34(40,41)42)35(43,48-30-11-5-10-29(21-30)45-25-7-2-1-3-8-25)47-27-18-14-23(15-19-27)31(44)22-12-16-26(17-13-22)46-28-9-4-6-24(20-28)33(37,38)39/h1-21,32H. The van der Waals surface area contributed by atoms with Crippen LogP contribution in [0.2, 0.25) is 0 Å². The van der Waals surface area contributed by atoms with Crippen molar-refractivity contribution in [2.24, 2.45) is 0 Å². The van der Waals surface area contributed by atoms with Gasteiger partial charge in [0.05, 0.1) is 5.56 Å². The van der Waals surface area contributed by atoms with Crippen molar-refractivity contribution in [3.8, 4) is 34.5 Å². The Morgan fingerprint density at radius 1 is 0.500 bits per heavy atom. The number of ether oxygens (including phenoxy) is 4. The van der Waals surface area contributed by atoms with Crippen molar-refractivity contribution in [3.05, 3.63) is 144 Å². The SMILES string of the molecule is O=C(c1ccc(Oc2cccc(C(F)(F)F)c2)cc1)c1ccc(OC(F)(Oc2cccc(Oc3ccccc3)c2)C(F)C(F)(F)F)cc1. The molecule has 0 aliphatic carbocycles. The normalized spacial score (nSPS) is 13.6. The third-order valence-corrected chi connectivity index (χ3v) is 6.52. The van der Waals surface area contributed by atoms with Crippen molar-refractivity contribution >= 4 is 5.78 Å². The van der Waals surface area contributed by atoms with Crippen molar-refractivity contribution in [2.75, 3.05) is 0 Å². The van der Waals surface area contributed by atoms with E-state index in [1.807, 2.05) is 0 Å². The number of alkyl halides is 8. The first kappa shape index (κ1) is 33.8. The summed E-state index contributed by atoms with van der Waals surface area (Å²) in [4.78, 5) is 13.0. The molecule has 0 fully saturated rings. The maximum Gasteiger partial charge on any atom is 0.449 e. The molecule has 5 nitrogen and oxygen atoms in total. The van der Waals surface area contributed by atoms with Crippen molar-refractivity contribution in [1.82, 2.24) is 0 Å². The highest BCUT2D eigenvalue weighted by atomic mass is 19.4. The summed E-state index contributed by atoms with van der Waals surface area (Å²) in [5.41, 5.74) is -0.793. The quantitative estimate of drug-likeness (QED) is 0.0793. The van der Waals surface area contributed by atoms with Gasteiger partial charge in [0.25, 0.3) is 0 Å². The third-order valence-electron chi connectivity index (χ3n) is 6.52. The molecule has 5 aromatic carbocycles. The fourth-order valence-electron chi connectivity index (χ4n) is 4.25. The van der Waals surface area contributed by atoms with Crippen LogP contribution in [0.5, 0.6) is 34.5 Å². The number of hydrogen-bond acceptors (Lipinski definition) is 5. The lowest BCUT2D eigenvalue weighted by Crippen LogP contribution is -2.53. The number of halogens is 8. The number of para-hydroxylation sites is 1. The first-order chi connectivity index (χ1) is 22.7. The summed E-state index contributed by atoms with van der Waals surface area (Å²) >= 11 is 0. The molecule has 0 aromatic heterocycles. The van der Waals surface area contributed by atoms with Gasteiger partial charge in [0.2, 0.25) is 0 Å². The maximum absolute atomic E-state index is 15.7. The van der Waals surface area contributed by atoms with Crippen LogP contribution in [0.4, 0.5) is 35.1 Å². The van der Waals surface area contributed by atoms with Crippen molar-refractivity contribution in [1.29, 1.82) is 0 Å². The van der Waals surface area contributed by atoms with Gasteiger partial charge in [0.15, 0.2) is 5.78 Å². The molecule has 2 atom stereocenters. The van der Waals surface area contributed by atoms with E-state index in [9.17, 15) is 35.5 Å². The van der Waals surface area contributed by atoms with Gasteiger partial charge in [-0.25, -0.2) is 4.39 Å². The zero-order chi connectivity index (χ0) is 34.5. The van der Waals surface area contributed by atoms with Crippen LogP contribution in [0.3, 0.4) is 0 Å². The molecule has 5 rings (SSSR count). The number of carbonyl (C=O) groups is 1. The molecule has 0 amide bonds. The van der Waals surface area contributed by atoms with Crippen LogP contribution in [-0.4, -0.2) is 24.2 Å². The Morgan fingerprint density at radius 3 is 1.52 bits per heavy atom. The molecule has 0 N–H and O–H groups in total. The molecule has 0 spiro atoms. The monoisotopic (exact) mass is 674 g/mol. The lowest BCUT2D eigenvalue weighted by atomic mass is 10.0. The zero-order valence-electron chi connectivity index (χ0n) is 24.3. The molecular weight excluding hydrogens is 652 g/mol. The number of hydrogen-bond donors (Lipinski definition) is 0. The number of carbonyl (C=O) groups excluding carboxylic acids is 1. The van der Waals surface area contributed by atoms with E-state index < -0.39 is 47.4 Å². The van der Waals surface area contributed by atoms with Crippen LogP contribution in [0.15, 0.2) is 127 Å². The summed E-state index contributed by atoms with van der Waals surface area (Å²) in [7, 11) is 0. The molecule has 248 valence electrons. The van der Waals surface area contributed by atoms with E-state index in [4.69, 9.17) is 18.9 Å². The van der Waals surface area contributed by atoms with Crippen LogP contribution >= 0.6 is 0 Å². The van der Waals surface area contributed by atoms with Crippen LogP contribution in [0.25, 0.3) is 0 Å². The van der Waals surface area contributed by atoms with Gasteiger partial charge >= 0.3 is 24.6 Å². The summed E-state index contributed by atoms with van der Waals surface area (Å²) in [6.45, 7) is 0. The van der Waals surface area contributed by atoms with Gasteiger partial charge in [0, 0.05) is 17.2 Å². The maximum atomic E-state index is 15.7. The van der Waals surface area contributed by atoms with E-state index in [0.29, 0.717) is 5.75 Å². The molecule has 13 heteroatoms. The summed E-state index contributed by atoms with van der Waals surface area (Å²) in [6, 6.07) is 22.4. The number of benzene rings is 5. The minimum atomic E-state index is -5.72. The summed E-state index contributed by atoms with van der Waals surface area (Å²) in [5.74, 6) is -1.23. The van der Waals surface area contributed by atoms with Crippen LogP contribution < -0.4 is 18.9 Å². The van der Waals surface area contributed by atoms with Crippen molar-refractivity contribution in [2.45, 2.75) is 24.6 Å². The van der Waals surface area contributed by atoms with Gasteiger partial charge < -0.3 is 18.9 Å². The van der Waals surface area contributed by atoms with E-state index in [2.05, 4.69) is 0 Å². The van der Waals surface area contributed by atoms with E-state index >= 15 is 4.39 Å². The molecule has 48 heavy (non-hydrogen) atoms. The van der Waals surface area contributed by atoms with Gasteiger partial charge in [-0.15, -0.1) is 0 Å². The smallest absolute Gasteiger partial charge is 0.449 e. The average Bonchev–Trinajstić information content (AvgIpc) is 3.05. The van der Waals surface area contributed by atoms with Gasteiger partial charge in [-0.05, 0) is 91.0 Å². The third kappa shape index (κ3) is 8.41. The largest absolute Gasteiger partial charge is 0.457 e. The molecule has 0 saturated heterocycles. The molecule has 0 radical (unpaired) electrons. The van der Waals surface area contributed by atoms with Crippen LogP contribution in [0, 0.1) is 0 Å². The van der Waals surface area contributed by atoms with Gasteiger partial charge in [-0.3, -0.25) is 4.79 Å². The van der Waals surface area contributed by atoms with Crippen molar-refractivity contribution < 1.29 is 58.9 Å². The van der Waals surface area contributed by atoms with Gasteiger partial charge in [0.1, 0.15) is 34.5 Å². The van der Waals surface area contributed by atoms with Gasteiger partial charge in [-0.2, -0.15) is 30.7 Å². The lowest BCUT2D eigenvalue weighted by molar-refractivity contribution is -0.325. The van der Waals surface area contributed by atoms with Crippen molar-refractivity contribution in [3.63, 3.8) is 0 Å². The Kier molecular flexibility index (Phi) is 9.59. The average molecular weight is 675 g/mol. The minimum Gasteiger partial charge on any atom is -0.457 e. The molecule has 0 saturated carbocycles. The van der Waals surface area contributed by atoms with E-state index in [1.165, 1.54) is 48.5 Å². The molecule has 0 aliphatic heterocycles. The molecule has 0 bridgehead atoms. The second kappa shape index (κ2) is 13.6. The predicted octanol–water partition coefficient (Wildman–Crippen LogP) is 10.5. The molecule has 5 aromatic rings. The Hall–Kier alpha value is -5.59. The molecule has 0 heterocycles. The van der Waals surface area contributed by atoms with E-state index in [0.717, 1.165) is 48.5 Å². The van der Waals surface area contributed by atoms with Gasteiger partial charge in [-0.1, -0.05) is 30.3 Å². The zero-order valence-corrected chi connectivity index (χ0v) is 24.3. The second-order valence-corrected chi connectivity index (χ2v) is 10.1. The van der Waals surface area contributed by atoms with E-state index in [-0.39, 0.29) is 28.4 Å². The molecule has 2 unspecified atom stereocenters. The molecular formula is C35H22F8O5. The molecule has 0 aliphatic rings. The predicted molar refractivity (Wildman–Crippen MR) is 157 cm³/mol. The lowest BCUT2D eigenvalue weighted by Gasteiger charge is -2.30. The highest BCUT2D eigenvalue weighted by Crippen LogP contribution is 2.39. The Balaban J connectivity index is 1.29. The van der Waals surface area contributed by atoms with E-state index in [1.54, 1.807) is 30.3 Å². The fraction of sp³-hybridized carbons (Fsp3) is 0.114. The van der Waals surface area contributed by atoms with Crippen LogP contribution in [-0.2, 0) is 6.18 Å². The minimum absolute atomic E-state index is 0.00217.